The van der Waals surface area contributed by atoms with E-state index in [4.69, 9.17) is 23.2 Å². The van der Waals surface area contributed by atoms with E-state index in [1.54, 1.807) is 18.3 Å². The Morgan fingerprint density at radius 2 is 2.32 bits per heavy atom. The van der Waals surface area contributed by atoms with Crippen molar-refractivity contribution in [2.24, 2.45) is 5.92 Å². The van der Waals surface area contributed by atoms with E-state index in [0.717, 1.165) is 44.3 Å². The van der Waals surface area contributed by atoms with Gasteiger partial charge in [-0.2, -0.15) is 10.4 Å². The Morgan fingerprint density at radius 1 is 1.52 bits per heavy atom. The molecule has 1 aromatic rings. The highest BCUT2D eigenvalue weighted by Crippen LogP contribution is 2.27. The summed E-state index contributed by atoms with van der Waals surface area (Å²) in [5.74, 6) is 0.623. The number of anilines is 1. The fourth-order valence-electron chi connectivity index (χ4n) is 2.83. The van der Waals surface area contributed by atoms with E-state index in [1.165, 1.54) is 0 Å². The average molecular weight is 381 g/mol. The lowest BCUT2D eigenvalue weighted by atomic mass is 9.88. The lowest BCUT2D eigenvalue weighted by Gasteiger charge is -2.21. The van der Waals surface area contributed by atoms with Gasteiger partial charge in [-0.1, -0.05) is 49.0 Å². The summed E-state index contributed by atoms with van der Waals surface area (Å²) >= 11 is 11.2. The molecule has 0 spiro atoms. The van der Waals surface area contributed by atoms with E-state index in [0.29, 0.717) is 17.8 Å². The Kier molecular flexibility index (Phi) is 7.54. The van der Waals surface area contributed by atoms with Crippen LogP contribution in [0.4, 0.5) is 5.82 Å². The topological polar surface area (TPSA) is 70.7 Å². The molecular formula is C18H22Cl2N4O. The number of aromatic nitrogens is 2. The van der Waals surface area contributed by atoms with E-state index in [9.17, 15) is 10.1 Å². The van der Waals surface area contributed by atoms with E-state index in [-0.39, 0.29) is 16.2 Å². The van der Waals surface area contributed by atoms with Crippen LogP contribution in [0.25, 0.3) is 0 Å². The van der Waals surface area contributed by atoms with Gasteiger partial charge in [0.15, 0.2) is 5.78 Å². The second kappa shape index (κ2) is 9.65. The predicted octanol–water partition coefficient (Wildman–Crippen LogP) is 4.93. The quantitative estimate of drug-likeness (QED) is 0.649. The zero-order chi connectivity index (χ0) is 18.2. The normalized spacial score (nSPS) is 17.0. The number of allylic oxidation sites excluding steroid dienone is 3. The smallest absolute Gasteiger partial charge is 0.160 e. The first-order valence-corrected chi connectivity index (χ1v) is 9.29. The number of hydrogen-bond acceptors (Lipinski definition) is 4. The molecule has 1 aliphatic rings. The first-order valence-electron chi connectivity index (χ1n) is 8.53. The lowest BCUT2D eigenvalue weighted by Crippen LogP contribution is -2.20. The molecule has 1 aromatic heterocycles. The van der Waals surface area contributed by atoms with Crippen molar-refractivity contribution in [3.63, 3.8) is 0 Å². The molecule has 1 aliphatic carbocycles. The maximum absolute atomic E-state index is 12.3. The molecular weight excluding hydrogens is 359 g/mol. The minimum atomic E-state index is -0.0945. The molecule has 0 aliphatic heterocycles. The van der Waals surface area contributed by atoms with Crippen LogP contribution in [0.3, 0.4) is 0 Å². The molecule has 0 saturated carbocycles. The van der Waals surface area contributed by atoms with Gasteiger partial charge in [0.1, 0.15) is 21.9 Å². The number of carbonyl (C=O) groups is 1. The van der Waals surface area contributed by atoms with Crippen molar-refractivity contribution in [1.82, 2.24) is 9.78 Å². The van der Waals surface area contributed by atoms with Crippen LogP contribution in [0.2, 0.25) is 0 Å². The molecule has 5 nitrogen and oxygen atoms in total. The number of hydrogen-bond donors (Lipinski definition) is 1. The first-order chi connectivity index (χ1) is 12.0. The fraction of sp³-hybridized carbons (Fsp3) is 0.500. The van der Waals surface area contributed by atoms with Crippen LogP contribution in [0, 0.1) is 17.2 Å². The van der Waals surface area contributed by atoms with Crippen molar-refractivity contribution in [3.8, 4) is 6.07 Å². The van der Waals surface area contributed by atoms with Crippen molar-refractivity contribution >= 4 is 34.8 Å². The summed E-state index contributed by atoms with van der Waals surface area (Å²) in [6, 6.07) is 2.15. The van der Waals surface area contributed by atoms with Gasteiger partial charge in [0.05, 0.1) is 6.20 Å². The molecule has 0 bridgehead atoms. The summed E-state index contributed by atoms with van der Waals surface area (Å²) in [6.45, 7) is 2.89. The van der Waals surface area contributed by atoms with E-state index in [1.807, 2.05) is 4.68 Å². The van der Waals surface area contributed by atoms with E-state index < -0.39 is 0 Å². The van der Waals surface area contributed by atoms with Crippen LogP contribution in [-0.4, -0.2) is 15.6 Å². The average Bonchev–Trinajstić information content (AvgIpc) is 2.96. The van der Waals surface area contributed by atoms with Gasteiger partial charge in [-0.05, 0) is 25.7 Å². The molecule has 0 amide bonds. The number of rotatable bonds is 8. The number of unbranched alkanes of at least 4 members (excludes halogenated alkanes) is 2. The third kappa shape index (κ3) is 5.62. The van der Waals surface area contributed by atoms with Gasteiger partial charge in [0, 0.05) is 24.2 Å². The highest BCUT2D eigenvalue weighted by molar-refractivity contribution is 6.55. The summed E-state index contributed by atoms with van der Waals surface area (Å²) in [5.41, 5.74) is 1.31. The van der Waals surface area contributed by atoms with E-state index in [2.05, 4.69) is 23.4 Å². The van der Waals surface area contributed by atoms with Crippen LogP contribution in [0.15, 0.2) is 28.5 Å². The summed E-state index contributed by atoms with van der Waals surface area (Å²) < 4.78 is 2.00. The van der Waals surface area contributed by atoms with Crippen molar-refractivity contribution in [2.75, 3.05) is 5.32 Å². The predicted molar refractivity (Wildman–Crippen MR) is 100 cm³/mol. The third-order valence-electron chi connectivity index (χ3n) is 4.25. The molecule has 2 rings (SSSR count). The molecule has 1 N–H and O–H groups in total. The Labute approximate surface area is 158 Å². The van der Waals surface area contributed by atoms with E-state index >= 15 is 0 Å². The minimum absolute atomic E-state index is 0.0511. The summed E-state index contributed by atoms with van der Waals surface area (Å²) in [6.07, 6.45) is 10.1. The molecule has 1 unspecified atom stereocenters. The molecule has 0 radical (unpaired) electrons. The van der Waals surface area contributed by atoms with Crippen molar-refractivity contribution < 1.29 is 4.79 Å². The third-order valence-corrected chi connectivity index (χ3v) is 4.56. The van der Waals surface area contributed by atoms with Crippen LogP contribution in [0.5, 0.6) is 0 Å². The number of nitriles is 1. The number of nitrogens with zero attached hydrogens (tertiary/aromatic N) is 3. The van der Waals surface area contributed by atoms with Gasteiger partial charge >= 0.3 is 0 Å². The lowest BCUT2D eigenvalue weighted by molar-refractivity contribution is -0.118. The zero-order valence-electron chi connectivity index (χ0n) is 14.3. The molecule has 0 fully saturated rings. The van der Waals surface area contributed by atoms with Crippen LogP contribution in [-0.2, 0) is 11.3 Å². The Hall–Kier alpha value is -1.77. The summed E-state index contributed by atoms with van der Waals surface area (Å²) in [7, 11) is 0. The molecule has 25 heavy (non-hydrogen) atoms. The van der Waals surface area contributed by atoms with Crippen molar-refractivity contribution in [1.29, 1.82) is 5.26 Å². The first kappa shape index (κ1) is 19.6. The number of carbonyl (C=O) groups excluding carboxylic acids is 1. The highest BCUT2D eigenvalue weighted by atomic mass is 35.5. The Bertz CT molecular complexity index is 711. The number of ketones is 1. The van der Waals surface area contributed by atoms with Gasteiger partial charge in [0.25, 0.3) is 0 Å². The van der Waals surface area contributed by atoms with Crippen molar-refractivity contribution in [3.05, 3.63) is 34.1 Å². The number of aryl methyl sites for hydroxylation is 1. The fourth-order valence-corrected chi connectivity index (χ4v) is 3.01. The summed E-state index contributed by atoms with van der Waals surface area (Å²) in [5, 5.41) is 16.8. The molecule has 0 saturated heterocycles. The van der Waals surface area contributed by atoms with Gasteiger partial charge in [0.2, 0.25) is 0 Å². The second-order valence-corrected chi connectivity index (χ2v) is 7.12. The van der Waals surface area contributed by atoms with Gasteiger partial charge < -0.3 is 5.32 Å². The number of halogens is 2. The summed E-state index contributed by atoms with van der Waals surface area (Å²) in [4.78, 5) is 12.3. The zero-order valence-corrected chi connectivity index (χ0v) is 15.8. The molecule has 134 valence electrons. The molecule has 1 heterocycles. The standard InChI is InChI=1S/C18H22Cl2N4O/c1-2-3-4-9-24-18(14(11-21)12-22-24)23-15-7-5-13(16(25)10-15)6-8-17(19)20/h8,10,12-13,23H,2-7,9H2,1H3. The van der Waals surface area contributed by atoms with Gasteiger partial charge in [-0.25, -0.2) is 4.68 Å². The Balaban J connectivity index is 2.08. The highest BCUT2D eigenvalue weighted by Gasteiger charge is 2.23. The van der Waals surface area contributed by atoms with Gasteiger partial charge in [-0.3, -0.25) is 4.79 Å². The van der Waals surface area contributed by atoms with Gasteiger partial charge in [-0.15, -0.1) is 0 Å². The monoisotopic (exact) mass is 380 g/mol. The maximum atomic E-state index is 12.3. The SMILES string of the molecule is CCCCCn1ncc(C#N)c1NC1=CC(=O)C(CC=C(Cl)Cl)CC1. The minimum Gasteiger partial charge on any atom is -0.343 e. The van der Waals surface area contributed by atoms with Crippen LogP contribution in [0.1, 0.15) is 51.0 Å². The van der Waals surface area contributed by atoms with Crippen LogP contribution < -0.4 is 5.32 Å². The van der Waals surface area contributed by atoms with Crippen LogP contribution >= 0.6 is 23.2 Å². The Morgan fingerprint density at radius 3 is 2.96 bits per heavy atom. The molecule has 1 atom stereocenters. The molecule has 7 heteroatoms. The largest absolute Gasteiger partial charge is 0.343 e. The molecule has 0 aromatic carbocycles. The number of nitrogens with one attached hydrogen (secondary N) is 1. The second-order valence-electron chi connectivity index (χ2n) is 6.11. The maximum Gasteiger partial charge on any atom is 0.160 e. The van der Waals surface area contributed by atoms with Crippen molar-refractivity contribution in [2.45, 2.75) is 52.0 Å².